The second-order valence-corrected chi connectivity index (χ2v) is 6.63. The van der Waals surface area contributed by atoms with Gasteiger partial charge in [0, 0.05) is 31.3 Å². The maximum Gasteiger partial charge on any atom is 0.255 e. The van der Waals surface area contributed by atoms with Crippen LogP contribution in [0.1, 0.15) is 34.3 Å². The molecule has 1 aromatic heterocycles. The Morgan fingerprint density at radius 3 is 2.85 bits per heavy atom. The van der Waals surface area contributed by atoms with Gasteiger partial charge < -0.3 is 16.0 Å². The summed E-state index contributed by atoms with van der Waals surface area (Å²) in [6.07, 6.45) is 2.21. The van der Waals surface area contributed by atoms with Crippen molar-refractivity contribution in [3.63, 3.8) is 0 Å². The number of amides is 3. The van der Waals surface area contributed by atoms with Crippen LogP contribution in [0.25, 0.3) is 0 Å². The van der Waals surface area contributed by atoms with Gasteiger partial charge in [-0.25, -0.2) is 4.98 Å². The zero-order valence-electron chi connectivity index (χ0n) is 14.6. The summed E-state index contributed by atoms with van der Waals surface area (Å²) < 4.78 is 0. The third-order valence-corrected chi connectivity index (χ3v) is 4.99. The van der Waals surface area contributed by atoms with E-state index < -0.39 is 11.9 Å². The lowest BCUT2D eigenvalue weighted by Gasteiger charge is -2.29. The Labute approximate surface area is 155 Å². The Bertz CT molecular complexity index is 943. The Kier molecular flexibility index (Phi) is 4.23. The minimum Gasteiger partial charge on any atom is -0.382 e. The van der Waals surface area contributed by atoms with E-state index in [4.69, 9.17) is 5.73 Å². The highest BCUT2D eigenvalue weighted by molar-refractivity contribution is 6.05. The molecule has 3 amide bonds. The number of nitrogens with one attached hydrogen (secondary N) is 2. The first kappa shape index (κ1) is 17.0. The molecule has 1 atom stereocenters. The number of rotatable bonds is 4. The number of hydrogen-bond acceptors (Lipinski definition) is 6. The number of pyridine rings is 1. The first-order chi connectivity index (χ1) is 13.0. The van der Waals surface area contributed by atoms with E-state index in [1.165, 1.54) is 0 Å². The number of hydrogen-bond donors (Lipinski definition) is 3. The number of fused-ring (bicyclic) bond motifs is 1. The summed E-state index contributed by atoms with van der Waals surface area (Å²) in [4.78, 5) is 41.9. The molecule has 2 aromatic rings. The van der Waals surface area contributed by atoms with Gasteiger partial charge in [-0.3, -0.25) is 19.7 Å². The number of piperidine rings is 1. The molecule has 1 unspecified atom stereocenters. The summed E-state index contributed by atoms with van der Waals surface area (Å²) in [6.45, 7) is 0.830. The molecular weight excluding hydrogens is 346 g/mol. The van der Waals surface area contributed by atoms with Gasteiger partial charge in [-0.05, 0) is 35.7 Å². The normalized spacial score (nSPS) is 19.0. The molecule has 1 saturated heterocycles. The number of carbonyl (C=O) groups is 3. The number of nitrogens with two attached hydrogens (primary N) is 1. The van der Waals surface area contributed by atoms with Crippen molar-refractivity contribution in [1.82, 2.24) is 15.2 Å². The molecule has 3 heterocycles. The molecule has 0 saturated carbocycles. The second kappa shape index (κ2) is 6.71. The van der Waals surface area contributed by atoms with Crippen molar-refractivity contribution in [2.24, 2.45) is 0 Å². The van der Waals surface area contributed by atoms with Gasteiger partial charge >= 0.3 is 0 Å². The smallest absolute Gasteiger partial charge is 0.255 e. The topological polar surface area (TPSA) is 117 Å². The average Bonchev–Trinajstić information content (AvgIpc) is 2.98. The Balaban J connectivity index is 1.55. The predicted octanol–water partition coefficient (Wildman–Crippen LogP) is 1.04. The quantitative estimate of drug-likeness (QED) is 0.697. The summed E-state index contributed by atoms with van der Waals surface area (Å²) in [7, 11) is 0. The molecule has 2 aliphatic rings. The van der Waals surface area contributed by atoms with E-state index in [-0.39, 0.29) is 18.2 Å². The number of imide groups is 1. The van der Waals surface area contributed by atoms with Crippen molar-refractivity contribution < 1.29 is 14.4 Å². The molecule has 27 heavy (non-hydrogen) atoms. The standard InChI is InChI=1S/C19H19N5O3/c20-17-14(5-2-8-21-17)22-9-11-3-1-4-12-13(11)10-24(19(12)27)15-6-7-16(25)23-18(15)26/h1-5,8,15,22H,6-7,9-10H2,(H2,20,21)(H,23,25,26). The van der Waals surface area contributed by atoms with Crippen molar-refractivity contribution in [2.75, 3.05) is 11.1 Å². The number of nitrogens with zero attached hydrogens (tertiary/aromatic N) is 2. The van der Waals surface area contributed by atoms with Crippen LogP contribution >= 0.6 is 0 Å². The fraction of sp³-hybridized carbons (Fsp3) is 0.263. The molecule has 1 aromatic carbocycles. The summed E-state index contributed by atoms with van der Waals surface area (Å²) in [5.74, 6) is -0.469. The highest BCUT2D eigenvalue weighted by Gasteiger charge is 2.39. The van der Waals surface area contributed by atoms with Crippen LogP contribution < -0.4 is 16.4 Å². The van der Waals surface area contributed by atoms with E-state index in [0.29, 0.717) is 30.9 Å². The average molecular weight is 365 g/mol. The molecule has 0 bridgehead atoms. The van der Waals surface area contributed by atoms with Crippen molar-refractivity contribution >= 4 is 29.2 Å². The van der Waals surface area contributed by atoms with E-state index in [1.807, 2.05) is 18.2 Å². The van der Waals surface area contributed by atoms with Crippen LogP contribution in [0.2, 0.25) is 0 Å². The molecule has 0 aliphatic carbocycles. The zero-order valence-corrected chi connectivity index (χ0v) is 14.6. The number of carbonyl (C=O) groups excluding carboxylic acids is 3. The summed E-state index contributed by atoms with van der Waals surface area (Å²) in [6, 6.07) is 8.56. The van der Waals surface area contributed by atoms with Crippen molar-refractivity contribution in [2.45, 2.75) is 32.0 Å². The second-order valence-electron chi connectivity index (χ2n) is 6.63. The largest absolute Gasteiger partial charge is 0.382 e. The van der Waals surface area contributed by atoms with Crippen LogP contribution in [0.4, 0.5) is 11.5 Å². The molecule has 138 valence electrons. The molecule has 0 radical (unpaired) electrons. The molecular formula is C19H19N5O3. The van der Waals surface area contributed by atoms with Crippen LogP contribution in [0, 0.1) is 0 Å². The predicted molar refractivity (Wildman–Crippen MR) is 98.5 cm³/mol. The van der Waals surface area contributed by atoms with E-state index >= 15 is 0 Å². The van der Waals surface area contributed by atoms with Gasteiger partial charge in [-0.1, -0.05) is 12.1 Å². The van der Waals surface area contributed by atoms with Gasteiger partial charge in [0.05, 0.1) is 5.69 Å². The first-order valence-electron chi connectivity index (χ1n) is 8.74. The fourth-order valence-electron chi connectivity index (χ4n) is 3.57. The van der Waals surface area contributed by atoms with E-state index in [0.717, 1.165) is 16.8 Å². The van der Waals surface area contributed by atoms with E-state index in [1.54, 1.807) is 23.2 Å². The van der Waals surface area contributed by atoms with Crippen molar-refractivity contribution in [1.29, 1.82) is 0 Å². The van der Waals surface area contributed by atoms with E-state index in [2.05, 4.69) is 15.6 Å². The van der Waals surface area contributed by atoms with Gasteiger partial charge in [-0.2, -0.15) is 0 Å². The molecule has 0 spiro atoms. The van der Waals surface area contributed by atoms with Gasteiger partial charge in [0.25, 0.3) is 5.91 Å². The van der Waals surface area contributed by atoms with Crippen LogP contribution in [0.3, 0.4) is 0 Å². The maximum absolute atomic E-state index is 12.8. The highest BCUT2D eigenvalue weighted by atomic mass is 16.2. The summed E-state index contributed by atoms with van der Waals surface area (Å²) in [5.41, 5.74) is 9.03. The number of benzene rings is 1. The lowest BCUT2D eigenvalue weighted by atomic mass is 10.0. The third kappa shape index (κ3) is 3.10. The lowest BCUT2D eigenvalue weighted by molar-refractivity contribution is -0.136. The zero-order chi connectivity index (χ0) is 19.0. The van der Waals surface area contributed by atoms with Crippen molar-refractivity contribution in [3.05, 3.63) is 53.2 Å². The number of anilines is 2. The Morgan fingerprint density at radius 2 is 2.07 bits per heavy atom. The summed E-state index contributed by atoms with van der Waals surface area (Å²) in [5, 5.41) is 5.56. The lowest BCUT2D eigenvalue weighted by Crippen LogP contribution is -2.52. The van der Waals surface area contributed by atoms with Crippen LogP contribution in [-0.4, -0.2) is 33.6 Å². The minimum atomic E-state index is -0.614. The van der Waals surface area contributed by atoms with E-state index in [9.17, 15) is 14.4 Å². The van der Waals surface area contributed by atoms with Crippen LogP contribution in [0.15, 0.2) is 36.5 Å². The molecule has 4 N–H and O–H groups in total. The Morgan fingerprint density at radius 1 is 1.22 bits per heavy atom. The monoisotopic (exact) mass is 365 g/mol. The number of aromatic nitrogens is 1. The molecule has 8 nitrogen and oxygen atoms in total. The van der Waals surface area contributed by atoms with Gasteiger partial charge in [0.1, 0.15) is 11.9 Å². The molecule has 4 rings (SSSR count). The highest BCUT2D eigenvalue weighted by Crippen LogP contribution is 2.30. The minimum absolute atomic E-state index is 0.178. The Hall–Kier alpha value is -3.42. The molecule has 1 fully saturated rings. The first-order valence-corrected chi connectivity index (χ1v) is 8.74. The SMILES string of the molecule is Nc1ncccc1NCc1cccc2c1CN(C1CCC(=O)NC1=O)C2=O. The maximum atomic E-state index is 12.8. The van der Waals surface area contributed by atoms with Crippen LogP contribution in [-0.2, 0) is 22.7 Å². The number of nitrogen functional groups attached to an aromatic ring is 1. The van der Waals surface area contributed by atoms with Gasteiger partial charge in [-0.15, -0.1) is 0 Å². The van der Waals surface area contributed by atoms with Gasteiger partial charge in [0.15, 0.2) is 0 Å². The third-order valence-electron chi connectivity index (χ3n) is 4.99. The molecule has 2 aliphatic heterocycles. The van der Waals surface area contributed by atoms with Crippen LogP contribution in [0.5, 0.6) is 0 Å². The van der Waals surface area contributed by atoms with Crippen molar-refractivity contribution in [3.8, 4) is 0 Å². The molecule has 8 heteroatoms. The fourth-order valence-corrected chi connectivity index (χ4v) is 3.57. The van der Waals surface area contributed by atoms with Gasteiger partial charge in [0.2, 0.25) is 11.8 Å². The summed E-state index contributed by atoms with van der Waals surface area (Å²) >= 11 is 0.